The molecule has 2 rings (SSSR count). The van der Waals surface area contributed by atoms with Crippen molar-refractivity contribution >= 4 is 27.6 Å². The fourth-order valence-corrected chi connectivity index (χ4v) is 5.67. The van der Waals surface area contributed by atoms with E-state index in [1.807, 2.05) is 0 Å². The smallest absolute Gasteiger partial charge is 0.322 e. The summed E-state index contributed by atoms with van der Waals surface area (Å²) in [4.78, 5) is 11.6. The summed E-state index contributed by atoms with van der Waals surface area (Å²) in [6, 6.07) is 5.86. The van der Waals surface area contributed by atoms with Crippen LogP contribution in [0.2, 0.25) is 0 Å². The number of hydrogen-bond acceptors (Lipinski definition) is 5. The Morgan fingerprint density at radius 3 is 2.50 bits per heavy atom. The van der Waals surface area contributed by atoms with Crippen molar-refractivity contribution in [1.82, 2.24) is 0 Å². The molecule has 0 bridgehead atoms. The van der Waals surface area contributed by atoms with Crippen LogP contribution < -0.4 is 4.74 Å². The van der Waals surface area contributed by atoms with Crippen molar-refractivity contribution in [1.29, 1.82) is 0 Å². The molecule has 1 aliphatic rings. The molecule has 1 aromatic carbocycles. The topological polar surface area (TPSA) is 80.7 Å². The van der Waals surface area contributed by atoms with Crippen LogP contribution in [-0.4, -0.2) is 42.9 Å². The zero-order valence-electron chi connectivity index (χ0n) is 13.4. The first-order valence-electron chi connectivity index (χ1n) is 7.63. The number of rotatable bonds is 6. The summed E-state index contributed by atoms with van der Waals surface area (Å²) in [7, 11) is -3.93. The van der Waals surface area contributed by atoms with Gasteiger partial charge in [0.1, 0.15) is 12.4 Å². The summed E-state index contributed by atoms with van der Waals surface area (Å²) >= 11 is 1.73. The van der Waals surface area contributed by atoms with Crippen molar-refractivity contribution in [2.24, 2.45) is 5.92 Å². The van der Waals surface area contributed by atoms with E-state index in [1.54, 1.807) is 18.7 Å². The molecule has 0 aromatic heterocycles. The highest BCUT2D eigenvalue weighted by atomic mass is 32.2. The van der Waals surface area contributed by atoms with E-state index in [9.17, 15) is 18.3 Å². The van der Waals surface area contributed by atoms with Gasteiger partial charge in [0, 0.05) is 0 Å². The monoisotopic (exact) mass is 368 g/mol. The fraction of sp³-hybridized carbons (Fsp3) is 0.471. The number of sulfone groups is 1. The lowest BCUT2D eigenvalue weighted by Crippen LogP contribution is -2.39. The minimum absolute atomic E-state index is 0.0158. The lowest BCUT2D eigenvalue weighted by molar-refractivity contribution is -0.137. The Morgan fingerprint density at radius 1 is 1.33 bits per heavy atom. The van der Waals surface area contributed by atoms with Gasteiger partial charge in [-0.2, -0.15) is 11.8 Å². The van der Waals surface area contributed by atoms with E-state index in [4.69, 9.17) is 4.74 Å². The van der Waals surface area contributed by atoms with Crippen molar-refractivity contribution in [3.8, 4) is 17.6 Å². The number of aliphatic carboxylic acids is 1. The molecular weight excluding hydrogens is 348 g/mol. The molecule has 7 heteroatoms. The highest BCUT2D eigenvalue weighted by Gasteiger charge is 2.41. The summed E-state index contributed by atoms with van der Waals surface area (Å²) in [5.41, 5.74) is 0. The van der Waals surface area contributed by atoms with Crippen molar-refractivity contribution in [3.63, 3.8) is 0 Å². The van der Waals surface area contributed by atoms with Crippen LogP contribution in [-0.2, 0) is 14.6 Å². The van der Waals surface area contributed by atoms with Gasteiger partial charge in [-0.15, -0.1) is 5.92 Å². The van der Waals surface area contributed by atoms with Gasteiger partial charge >= 0.3 is 5.97 Å². The lowest BCUT2D eigenvalue weighted by Gasteiger charge is -2.27. The molecule has 1 N–H and O–H groups in total. The van der Waals surface area contributed by atoms with Crippen LogP contribution in [0.25, 0.3) is 0 Å². The molecule has 5 nitrogen and oxygen atoms in total. The van der Waals surface area contributed by atoms with Gasteiger partial charge in [0.15, 0.2) is 15.1 Å². The van der Waals surface area contributed by atoms with Crippen LogP contribution in [0, 0.1) is 17.8 Å². The second-order valence-corrected chi connectivity index (χ2v) is 8.73. The van der Waals surface area contributed by atoms with Crippen molar-refractivity contribution in [2.45, 2.75) is 29.9 Å². The van der Waals surface area contributed by atoms with Gasteiger partial charge in [-0.05, 0) is 61.5 Å². The van der Waals surface area contributed by atoms with Crippen LogP contribution in [0.15, 0.2) is 29.2 Å². The average Bonchev–Trinajstić information content (AvgIpc) is 2.56. The Balaban J connectivity index is 2.22. The van der Waals surface area contributed by atoms with E-state index in [1.165, 1.54) is 24.3 Å². The number of thioether (sulfide) groups is 1. The SMILES string of the molecule is CC#CCOc1ccc(S(=O)(=O)C(C(=O)O)C2CCSCC2)cc1. The van der Waals surface area contributed by atoms with Gasteiger partial charge in [0.05, 0.1) is 4.90 Å². The molecule has 24 heavy (non-hydrogen) atoms. The third-order valence-corrected chi connectivity index (χ3v) is 7.14. The number of carbonyl (C=O) groups is 1. The van der Waals surface area contributed by atoms with Crippen molar-refractivity contribution < 1.29 is 23.1 Å². The second kappa shape index (κ2) is 8.45. The molecule has 0 aliphatic carbocycles. The van der Waals surface area contributed by atoms with Crippen LogP contribution in [0.4, 0.5) is 0 Å². The quantitative estimate of drug-likeness (QED) is 0.777. The first-order chi connectivity index (χ1) is 11.5. The van der Waals surface area contributed by atoms with E-state index in [-0.39, 0.29) is 17.4 Å². The summed E-state index contributed by atoms with van der Waals surface area (Å²) < 4.78 is 30.9. The number of benzene rings is 1. The summed E-state index contributed by atoms with van der Waals surface area (Å²) in [5, 5.41) is 8.10. The average molecular weight is 368 g/mol. The Kier molecular flexibility index (Phi) is 6.58. The minimum atomic E-state index is -3.93. The standard InChI is InChI=1S/C17H20O5S2/c1-2-3-10-22-14-4-6-15(7-5-14)24(20,21)16(17(18)19)13-8-11-23-12-9-13/h4-7,13,16H,8-12H2,1H3,(H,18,19). The number of carboxylic acids is 1. The molecular formula is C17H20O5S2. The highest BCUT2D eigenvalue weighted by molar-refractivity contribution is 7.99. The lowest BCUT2D eigenvalue weighted by atomic mass is 9.98. The van der Waals surface area contributed by atoms with Gasteiger partial charge < -0.3 is 9.84 Å². The molecule has 1 aliphatic heterocycles. The fourth-order valence-electron chi connectivity index (χ4n) is 2.67. The maximum Gasteiger partial charge on any atom is 0.322 e. The summed E-state index contributed by atoms with van der Waals surface area (Å²) in [6.07, 6.45) is 1.22. The zero-order chi connectivity index (χ0) is 17.6. The Morgan fingerprint density at radius 2 is 1.96 bits per heavy atom. The molecule has 0 spiro atoms. The van der Waals surface area contributed by atoms with E-state index in [0.29, 0.717) is 18.6 Å². The Bertz CT molecular complexity index is 722. The third kappa shape index (κ3) is 4.46. The molecule has 1 aromatic rings. The summed E-state index contributed by atoms with van der Waals surface area (Å²) in [6.45, 7) is 1.93. The van der Waals surface area contributed by atoms with Crippen molar-refractivity contribution in [3.05, 3.63) is 24.3 Å². The van der Waals surface area contributed by atoms with Gasteiger partial charge in [-0.1, -0.05) is 5.92 Å². The largest absolute Gasteiger partial charge is 0.481 e. The molecule has 1 saturated heterocycles. The van der Waals surface area contributed by atoms with E-state index in [0.717, 1.165) is 11.5 Å². The van der Waals surface area contributed by atoms with Gasteiger partial charge in [-0.25, -0.2) is 8.42 Å². The Labute approximate surface area is 146 Å². The molecule has 0 saturated carbocycles. The second-order valence-electron chi connectivity index (χ2n) is 5.44. The number of carboxylic acid groups (broad SMARTS) is 1. The van der Waals surface area contributed by atoms with E-state index >= 15 is 0 Å². The summed E-state index contributed by atoms with van der Waals surface area (Å²) in [5.74, 6) is 5.93. The van der Waals surface area contributed by atoms with E-state index < -0.39 is 21.1 Å². The molecule has 1 unspecified atom stereocenters. The predicted octanol–water partition coefficient (Wildman–Crippen LogP) is 2.46. The van der Waals surface area contributed by atoms with Crippen LogP contribution in [0.5, 0.6) is 5.75 Å². The van der Waals surface area contributed by atoms with Crippen LogP contribution >= 0.6 is 11.8 Å². The predicted molar refractivity (Wildman–Crippen MR) is 94.0 cm³/mol. The van der Waals surface area contributed by atoms with Gasteiger partial charge in [-0.3, -0.25) is 4.79 Å². The highest BCUT2D eigenvalue weighted by Crippen LogP contribution is 2.32. The number of hydrogen-bond donors (Lipinski definition) is 1. The Hall–Kier alpha value is -1.65. The van der Waals surface area contributed by atoms with Crippen LogP contribution in [0.1, 0.15) is 19.8 Å². The van der Waals surface area contributed by atoms with Crippen molar-refractivity contribution in [2.75, 3.05) is 18.1 Å². The van der Waals surface area contributed by atoms with E-state index in [2.05, 4.69) is 11.8 Å². The maximum absolute atomic E-state index is 12.8. The number of ether oxygens (including phenoxy) is 1. The first-order valence-corrected chi connectivity index (χ1v) is 10.3. The van der Waals surface area contributed by atoms with Gasteiger partial charge in [0.25, 0.3) is 0 Å². The molecule has 1 fully saturated rings. The minimum Gasteiger partial charge on any atom is -0.481 e. The normalized spacial score (nSPS) is 16.7. The molecule has 0 radical (unpaired) electrons. The molecule has 130 valence electrons. The maximum atomic E-state index is 12.8. The van der Waals surface area contributed by atoms with Crippen LogP contribution in [0.3, 0.4) is 0 Å². The third-order valence-electron chi connectivity index (χ3n) is 3.91. The first kappa shape index (κ1) is 18.7. The zero-order valence-corrected chi connectivity index (χ0v) is 15.0. The molecule has 1 atom stereocenters. The molecule has 1 heterocycles. The van der Waals surface area contributed by atoms with Gasteiger partial charge in [0.2, 0.25) is 0 Å². The molecule has 0 amide bonds.